The molecule has 0 aliphatic rings. The maximum absolute atomic E-state index is 5.83. The number of benzene rings is 1. The van der Waals surface area contributed by atoms with E-state index in [1.807, 2.05) is 28.8 Å². The van der Waals surface area contributed by atoms with Crippen LogP contribution in [-0.4, -0.2) is 28.5 Å². The zero-order valence-corrected chi connectivity index (χ0v) is 9.68. The van der Waals surface area contributed by atoms with Crippen LogP contribution >= 0.6 is 11.6 Å². The van der Waals surface area contributed by atoms with Crippen LogP contribution in [0.2, 0.25) is 5.02 Å². The summed E-state index contributed by atoms with van der Waals surface area (Å²) in [5.74, 6) is 0.828. The lowest BCUT2D eigenvalue weighted by Gasteiger charge is -2.05. The van der Waals surface area contributed by atoms with E-state index in [0.29, 0.717) is 11.6 Å². The second-order valence-electron chi connectivity index (χ2n) is 3.35. The minimum atomic E-state index is 0.638. The Labute approximate surface area is 98.8 Å². The lowest BCUT2D eigenvalue weighted by Crippen LogP contribution is -2.04. The van der Waals surface area contributed by atoms with Crippen LogP contribution in [0.3, 0.4) is 0 Å². The van der Waals surface area contributed by atoms with Crippen molar-refractivity contribution in [1.82, 2.24) is 14.8 Å². The normalized spacial score (nSPS) is 10.6. The Hall–Kier alpha value is -1.39. The molecule has 0 N–H and O–H groups in total. The molecular formula is C11H12ClN3O. The summed E-state index contributed by atoms with van der Waals surface area (Å²) in [6.45, 7) is 1.38. The molecule has 0 atom stereocenters. The molecule has 0 radical (unpaired) electrons. The van der Waals surface area contributed by atoms with E-state index in [0.717, 1.165) is 17.9 Å². The molecule has 2 rings (SSSR count). The summed E-state index contributed by atoms with van der Waals surface area (Å²) in [6, 6.07) is 7.53. The number of aromatic nitrogens is 3. The van der Waals surface area contributed by atoms with E-state index in [-0.39, 0.29) is 0 Å². The molecule has 1 aromatic carbocycles. The number of hydrogen-bond donors (Lipinski definition) is 0. The van der Waals surface area contributed by atoms with Gasteiger partial charge >= 0.3 is 0 Å². The Morgan fingerprint density at radius 1 is 1.31 bits per heavy atom. The average Bonchev–Trinajstić information content (AvgIpc) is 2.75. The zero-order chi connectivity index (χ0) is 11.4. The Kier molecular flexibility index (Phi) is 3.54. The number of rotatable bonds is 4. The fourth-order valence-electron chi connectivity index (χ4n) is 1.43. The third-order valence-corrected chi connectivity index (χ3v) is 2.51. The highest BCUT2D eigenvalue weighted by atomic mass is 35.5. The topological polar surface area (TPSA) is 39.9 Å². The lowest BCUT2D eigenvalue weighted by molar-refractivity contribution is 0.187. The monoisotopic (exact) mass is 237 g/mol. The van der Waals surface area contributed by atoms with Crippen molar-refractivity contribution in [3.8, 4) is 11.4 Å². The van der Waals surface area contributed by atoms with Gasteiger partial charge in [0.2, 0.25) is 0 Å². The summed E-state index contributed by atoms with van der Waals surface area (Å²) >= 11 is 5.83. The third-order valence-electron chi connectivity index (χ3n) is 2.25. The van der Waals surface area contributed by atoms with Crippen molar-refractivity contribution in [2.75, 3.05) is 13.7 Å². The van der Waals surface area contributed by atoms with Gasteiger partial charge < -0.3 is 9.30 Å². The van der Waals surface area contributed by atoms with Gasteiger partial charge in [-0.2, -0.15) is 0 Å². The van der Waals surface area contributed by atoms with Crippen LogP contribution in [-0.2, 0) is 11.3 Å². The van der Waals surface area contributed by atoms with E-state index in [1.165, 1.54) is 0 Å². The van der Waals surface area contributed by atoms with Gasteiger partial charge in [-0.25, -0.2) is 0 Å². The molecule has 5 heteroatoms. The molecule has 0 aliphatic heterocycles. The van der Waals surface area contributed by atoms with E-state index in [9.17, 15) is 0 Å². The Morgan fingerprint density at radius 2 is 2.06 bits per heavy atom. The standard InChI is InChI=1S/C11H12ClN3O/c1-16-7-6-15-8-13-14-11(15)9-2-4-10(12)5-3-9/h2-5,8H,6-7H2,1H3. The summed E-state index contributed by atoms with van der Waals surface area (Å²) in [7, 11) is 1.67. The minimum absolute atomic E-state index is 0.638. The zero-order valence-electron chi connectivity index (χ0n) is 8.93. The number of nitrogens with zero attached hydrogens (tertiary/aromatic N) is 3. The average molecular weight is 238 g/mol. The highest BCUT2D eigenvalue weighted by molar-refractivity contribution is 6.30. The summed E-state index contributed by atoms with van der Waals surface area (Å²) < 4.78 is 6.98. The second-order valence-corrected chi connectivity index (χ2v) is 3.78. The highest BCUT2D eigenvalue weighted by Crippen LogP contribution is 2.19. The summed E-state index contributed by atoms with van der Waals surface area (Å²) in [5.41, 5.74) is 0.998. The predicted molar refractivity (Wildman–Crippen MR) is 62.3 cm³/mol. The van der Waals surface area contributed by atoms with E-state index < -0.39 is 0 Å². The molecule has 0 unspecified atom stereocenters. The van der Waals surface area contributed by atoms with E-state index >= 15 is 0 Å². The van der Waals surface area contributed by atoms with Crippen LogP contribution in [0, 0.1) is 0 Å². The molecule has 84 valence electrons. The molecule has 16 heavy (non-hydrogen) atoms. The summed E-state index contributed by atoms with van der Waals surface area (Å²) in [5, 5.41) is 8.70. The number of ether oxygens (including phenoxy) is 1. The van der Waals surface area contributed by atoms with Gasteiger partial charge in [-0.15, -0.1) is 10.2 Å². The van der Waals surface area contributed by atoms with Gasteiger partial charge in [-0.3, -0.25) is 0 Å². The fourth-order valence-corrected chi connectivity index (χ4v) is 1.56. The fraction of sp³-hybridized carbons (Fsp3) is 0.273. The molecule has 0 aliphatic carbocycles. The van der Waals surface area contributed by atoms with Gasteiger partial charge in [0.05, 0.1) is 6.61 Å². The molecule has 1 aromatic heterocycles. The van der Waals surface area contributed by atoms with Crippen LogP contribution in [0.4, 0.5) is 0 Å². The van der Waals surface area contributed by atoms with Gasteiger partial charge in [0.25, 0.3) is 0 Å². The smallest absolute Gasteiger partial charge is 0.163 e. The highest BCUT2D eigenvalue weighted by Gasteiger charge is 2.06. The molecule has 0 saturated carbocycles. The summed E-state index contributed by atoms with van der Waals surface area (Å²) in [4.78, 5) is 0. The van der Waals surface area contributed by atoms with Crippen molar-refractivity contribution in [2.45, 2.75) is 6.54 Å². The molecule has 1 heterocycles. The third kappa shape index (κ3) is 2.40. The first-order chi connectivity index (χ1) is 7.81. The van der Waals surface area contributed by atoms with Crippen molar-refractivity contribution < 1.29 is 4.74 Å². The molecule has 0 fully saturated rings. The van der Waals surface area contributed by atoms with Gasteiger partial charge in [-0.05, 0) is 24.3 Å². The van der Waals surface area contributed by atoms with Crippen LogP contribution < -0.4 is 0 Å². The van der Waals surface area contributed by atoms with E-state index in [2.05, 4.69) is 10.2 Å². The van der Waals surface area contributed by atoms with Crippen molar-refractivity contribution in [1.29, 1.82) is 0 Å². The Morgan fingerprint density at radius 3 is 2.75 bits per heavy atom. The van der Waals surface area contributed by atoms with E-state index in [4.69, 9.17) is 16.3 Å². The number of hydrogen-bond acceptors (Lipinski definition) is 3. The molecule has 0 saturated heterocycles. The lowest BCUT2D eigenvalue weighted by atomic mass is 10.2. The Bertz CT molecular complexity index is 453. The van der Waals surface area contributed by atoms with Crippen LogP contribution in [0.25, 0.3) is 11.4 Å². The maximum atomic E-state index is 5.83. The van der Waals surface area contributed by atoms with Crippen molar-refractivity contribution >= 4 is 11.6 Å². The van der Waals surface area contributed by atoms with Crippen LogP contribution in [0.15, 0.2) is 30.6 Å². The van der Waals surface area contributed by atoms with Gasteiger partial charge in [-0.1, -0.05) is 11.6 Å². The Balaban J connectivity index is 2.26. The molecule has 2 aromatic rings. The minimum Gasteiger partial charge on any atom is -0.383 e. The van der Waals surface area contributed by atoms with Crippen LogP contribution in [0.5, 0.6) is 0 Å². The number of methoxy groups -OCH3 is 1. The van der Waals surface area contributed by atoms with Gasteiger partial charge in [0.1, 0.15) is 6.33 Å². The molecule has 4 nitrogen and oxygen atoms in total. The largest absolute Gasteiger partial charge is 0.383 e. The SMILES string of the molecule is COCCn1cnnc1-c1ccc(Cl)cc1. The number of halogens is 1. The molecule has 0 bridgehead atoms. The van der Waals surface area contributed by atoms with Crippen LogP contribution in [0.1, 0.15) is 0 Å². The molecule has 0 amide bonds. The molecular weight excluding hydrogens is 226 g/mol. The first kappa shape index (κ1) is 11.1. The first-order valence-electron chi connectivity index (χ1n) is 4.94. The first-order valence-corrected chi connectivity index (χ1v) is 5.32. The summed E-state index contributed by atoms with van der Waals surface area (Å²) in [6.07, 6.45) is 1.70. The molecule has 0 spiro atoms. The van der Waals surface area contributed by atoms with Crippen molar-refractivity contribution in [3.05, 3.63) is 35.6 Å². The van der Waals surface area contributed by atoms with Gasteiger partial charge in [0.15, 0.2) is 5.82 Å². The predicted octanol–water partition coefficient (Wildman–Crippen LogP) is 2.24. The van der Waals surface area contributed by atoms with Gasteiger partial charge in [0, 0.05) is 24.2 Å². The second kappa shape index (κ2) is 5.09. The van der Waals surface area contributed by atoms with E-state index in [1.54, 1.807) is 13.4 Å². The van der Waals surface area contributed by atoms with Crippen molar-refractivity contribution in [3.63, 3.8) is 0 Å². The van der Waals surface area contributed by atoms with Crippen molar-refractivity contribution in [2.24, 2.45) is 0 Å². The quantitative estimate of drug-likeness (QED) is 0.819. The maximum Gasteiger partial charge on any atom is 0.163 e.